The minimum absolute atomic E-state index is 0.194. The fourth-order valence-electron chi connectivity index (χ4n) is 2.36. The molecule has 0 aliphatic carbocycles. The molecule has 1 aromatic rings. The lowest BCUT2D eigenvalue weighted by atomic mass is 9.86. The van der Waals surface area contributed by atoms with Gasteiger partial charge in [0, 0.05) is 19.5 Å². The lowest BCUT2D eigenvalue weighted by molar-refractivity contribution is -0.133. The molecule has 1 fully saturated rings. The second-order valence-electron chi connectivity index (χ2n) is 6.22. The number of benzene rings is 1. The van der Waals surface area contributed by atoms with Crippen LogP contribution in [0.25, 0.3) is 0 Å². The quantitative estimate of drug-likeness (QED) is 0.781. The van der Waals surface area contributed by atoms with E-state index in [0.29, 0.717) is 5.91 Å². The van der Waals surface area contributed by atoms with Gasteiger partial charge in [-0.2, -0.15) is 0 Å². The predicted molar refractivity (Wildman–Crippen MR) is 74.4 cm³/mol. The largest absolute Gasteiger partial charge is 0.338 e. The van der Waals surface area contributed by atoms with Gasteiger partial charge in [-0.3, -0.25) is 4.79 Å². The molecule has 1 amide bonds. The molecule has 0 atom stereocenters. The monoisotopic (exact) mass is 245 g/mol. The van der Waals surface area contributed by atoms with E-state index in [1.165, 1.54) is 11.1 Å². The van der Waals surface area contributed by atoms with E-state index in [4.69, 9.17) is 0 Å². The van der Waals surface area contributed by atoms with Gasteiger partial charge in [0.25, 0.3) is 0 Å². The molecule has 1 saturated heterocycles. The number of carbonyl (C=O) groups is 1. The maximum Gasteiger partial charge on any atom is 0.222 e. The smallest absolute Gasteiger partial charge is 0.222 e. The summed E-state index contributed by atoms with van der Waals surface area (Å²) in [6.07, 6.45) is 2.92. The minimum atomic E-state index is 0.194. The Morgan fingerprint density at radius 2 is 1.78 bits per heavy atom. The first kappa shape index (κ1) is 13.1. The van der Waals surface area contributed by atoms with Crippen molar-refractivity contribution in [2.75, 3.05) is 6.54 Å². The number of likely N-dealkylation sites (tertiary alicyclic amines) is 1. The van der Waals surface area contributed by atoms with Gasteiger partial charge in [0.05, 0.1) is 0 Å². The van der Waals surface area contributed by atoms with E-state index in [1.54, 1.807) is 0 Å². The molecule has 0 bridgehead atoms. The molecule has 0 aromatic heterocycles. The van der Waals surface area contributed by atoms with Crippen molar-refractivity contribution in [1.29, 1.82) is 0 Å². The molecule has 0 radical (unpaired) electrons. The fraction of sp³-hybridized carbons (Fsp3) is 0.562. The van der Waals surface area contributed by atoms with Gasteiger partial charge < -0.3 is 4.90 Å². The van der Waals surface area contributed by atoms with Crippen molar-refractivity contribution >= 4 is 5.91 Å². The van der Waals surface area contributed by atoms with Crippen molar-refractivity contribution < 1.29 is 4.79 Å². The zero-order valence-corrected chi connectivity index (χ0v) is 11.7. The molecule has 2 nitrogen and oxygen atoms in total. The molecule has 0 unspecified atom stereocenters. The SMILES string of the molecule is CC(C)(C)c1ccc(CN2CCCCC2=O)cc1. The van der Waals surface area contributed by atoms with E-state index >= 15 is 0 Å². The maximum absolute atomic E-state index is 11.8. The molecule has 2 heteroatoms. The molecular formula is C16H23NO. The summed E-state index contributed by atoms with van der Waals surface area (Å²) in [4.78, 5) is 13.7. The van der Waals surface area contributed by atoms with Gasteiger partial charge in [0.15, 0.2) is 0 Å². The summed E-state index contributed by atoms with van der Waals surface area (Å²) in [5, 5.41) is 0. The summed E-state index contributed by atoms with van der Waals surface area (Å²) in [6.45, 7) is 8.34. The topological polar surface area (TPSA) is 20.3 Å². The lowest BCUT2D eigenvalue weighted by Crippen LogP contribution is -2.34. The van der Waals surface area contributed by atoms with Crippen molar-refractivity contribution in [3.05, 3.63) is 35.4 Å². The Balaban J connectivity index is 2.04. The zero-order chi connectivity index (χ0) is 13.2. The molecule has 1 aliphatic heterocycles. The van der Waals surface area contributed by atoms with Gasteiger partial charge in [-0.1, -0.05) is 45.0 Å². The summed E-state index contributed by atoms with van der Waals surface area (Å²) in [7, 11) is 0. The molecule has 18 heavy (non-hydrogen) atoms. The van der Waals surface area contributed by atoms with Crippen LogP contribution in [0.5, 0.6) is 0 Å². The number of nitrogens with zero attached hydrogens (tertiary/aromatic N) is 1. The Hall–Kier alpha value is -1.31. The van der Waals surface area contributed by atoms with Gasteiger partial charge in [-0.05, 0) is 29.4 Å². The third kappa shape index (κ3) is 3.12. The summed E-state index contributed by atoms with van der Waals surface area (Å²) >= 11 is 0. The van der Waals surface area contributed by atoms with Gasteiger partial charge in [0.1, 0.15) is 0 Å². The molecule has 0 spiro atoms. The summed E-state index contributed by atoms with van der Waals surface area (Å²) in [5.74, 6) is 0.307. The van der Waals surface area contributed by atoms with Crippen molar-refractivity contribution in [1.82, 2.24) is 4.90 Å². The van der Waals surface area contributed by atoms with Crippen LogP contribution >= 0.6 is 0 Å². The normalized spacial score (nSPS) is 17.1. The van der Waals surface area contributed by atoms with Gasteiger partial charge in [0.2, 0.25) is 5.91 Å². The van der Waals surface area contributed by atoms with Crippen LogP contribution in [-0.2, 0) is 16.8 Å². The van der Waals surface area contributed by atoms with E-state index in [0.717, 1.165) is 32.4 Å². The van der Waals surface area contributed by atoms with Gasteiger partial charge in [-0.25, -0.2) is 0 Å². The van der Waals surface area contributed by atoms with Gasteiger partial charge >= 0.3 is 0 Å². The third-order valence-corrected chi connectivity index (χ3v) is 3.61. The molecule has 1 heterocycles. The van der Waals surface area contributed by atoms with Crippen LogP contribution in [0.15, 0.2) is 24.3 Å². The predicted octanol–water partition coefficient (Wildman–Crippen LogP) is 3.50. The Morgan fingerprint density at radius 1 is 1.11 bits per heavy atom. The standard InChI is InChI=1S/C16H23NO/c1-16(2,3)14-9-7-13(8-10-14)12-17-11-5-4-6-15(17)18/h7-10H,4-6,11-12H2,1-3H3. The Morgan fingerprint density at radius 3 is 2.33 bits per heavy atom. The van der Waals surface area contributed by atoms with E-state index < -0.39 is 0 Å². The maximum atomic E-state index is 11.8. The number of carbonyl (C=O) groups excluding carboxylic acids is 1. The van der Waals surface area contributed by atoms with Crippen LogP contribution in [0, 0.1) is 0 Å². The Bertz CT molecular complexity index is 414. The average molecular weight is 245 g/mol. The first-order valence-electron chi connectivity index (χ1n) is 6.84. The third-order valence-electron chi connectivity index (χ3n) is 3.61. The number of hydrogen-bond acceptors (Lipinski definition) is 1. The zero-order valence-electron chi connectivity index (χ0n) is 11.7. The van der Waals surface area contributed by atoms with E-state index in [9.17, 15) is 4.79 Å². The molecule has 98 valence electrons. The highest BCUT2D eigenvalue weighted by molar-refractivity contribution is 5.76. The van der Waals surface area contributed by atoms with Crippen LogP contribution in [0.3, 0.4) is 0 Å². The fourth-order valence-corrected chi connectivity index (χ4v) is 2.36. The van der Waals surface area contributed by atoms with Crippen molar-refractivity contribution in [3.8, 4) is 0 Å². The first-order chi connectivity index (χ1) is 8.47. The molecule has 2 rings (SSSR count). The minimum Gasteiger partial charge on any atom is -0.338 e. The molecule has 0 saturated carbocycles. The molecular weight excluding hydrogens is 222 g/mol. The highest BCUT2D eigenvalue weighted by Crippen LogP contribution is 2.23. The average Bonchev–Trinajstić information content (AvgIpc) is 2.32. The van der Waals surface area contributed by atoms with Crippen LogP contribution in [-0.4, -0.2) is 17.4 Å². The number of piperidine rings is 1. The van der Waals surface area contributed by atoms with E-state index in [2.05, 4.69) is 45.0 Å². The summed E-state index contributed by atoms with van der Waals surface area (Å²) in [6, 6.07) is 8.68. The Kier molecular flexibility index (Phi) is 3.74. The number of amides is 1. The summed E-state index contributed by atoms with van der Waals surface area (Å²) < 4.78 is 0. The van der Waals surface area contributed by atoms with Crippen molar-refractivity contribution in [2.45, 2.75) is 52.0 Å². The highest BCUT2D eigenvalue weighted by atomic mass is 16.2. The summed E-state index contributed by atoms with van der Waals surface area (Å²) in [5.41, 5.74) is 2.77. The second-order valence-corrected chi connectivity index (χ2v) is 6.22. The molecule has 1 aromatic carbocycles. The van der Waals surface area contributed by atoms with Crippen LogP contribution in [0.4, 0.5) is 0 Å². The first-order valence-corrected chi connectivity index (χ1v) is 6.84. The molecule has 0 N–H and O–H groups in total. The van der Waals surface area contributed by atoms with Crippen LogP contribution < -0.4 is 0 Å². The van der Waals surface area contributed by atoms with Crippen LogP contribution in [0.2, 0.25) is 0 Å². The van der Waals surface area contributed by atoms with E-state index in [-0.39, 0.29) is 5.41 Å². The lowest BCUT2D eigenvalue weighted by Gasteiger charge is -2.27. The molecule has 1 aliphatic rings. The number of hydrogen-bond donors (Lipinski definition) is 0. The van der Waals surface area contributed by atoms with Crippen molar-refractivity contribution in [2.24, 2.45) is 0 Å². The van der Waals surface area contributed by atoms with Crippen molar-refractivity contribution in [3.63, 3.8) is 0 Å². The van der Waals surface area contributed by atoms with Crippen LogP contribution in [0.1, 0.15) is 51.2 Å². The van der Waals surface area contributed by atoms with Gasteiger partial charge in [-0.15, -0.1) is 0 Å². The highest BCUT2D eigenvalue weighted by Gasteiger charge is 2.18. The number of rotatable bonds is 2. The second kappa shape index (κ2) is 5.13. The Labute approximate surface area is 110 Å². The van der Waals surface area contributed by atoms with E-state index in [1.807, 2.05) is 4.90 Å².